The van der Waals surface area contributed by atoms with Crippen molar-refractivity contribution in [1.29, 1.82) is 0 Å². The van der Waals surface area contributed by atoms with Gasteiger partial charge in [0.05, 0.1) is 10.3 Å². The first-order valence-corrected chi connectivity index (χ1v) is 12.1. The summed E-state index contributed by atoms with van der Waals surface area (Å²) in [7, 11) is -3.69. The molecule has 5 nitrogen and oxygen atoms in total. The Hall–Kier alpha value is -2.18. The lowest BCUT2D eigenvalue weighted by atomic mass is 9.76. The summed E-state index contributed by atoms with van der Waals surface area (Å²) in [5.74, 6) is 0.0877. The first kappa shape index (κ1) is 22.5. The molecule has 3 rings (SSSR count). The van der Waals surface area contributed by atoms with Gasteiger partial charge in [0.15, 0.2) is 0 Å². The topological polar surface area (TPSA) is 89.3 Å². The summed E-state index contributed by atoms with van der Waals surface area (Å²) in [6, 6.07) is 15.0. The molecule has 3 N–H and O–H groups in total. The number of carbonyl (C=O) groups excluding carboxylic acids is 1. The average Bonchev–Trinajstić information content (AvgIpc) is 3.18. The molecule has 0 spiro atoms. The summed E-state index contributed by atoms with van der Waals surface area (Å²) in [5, 5.41) is 8.25. The van der Waals surface area contributed by atoms with Gasteiger partial charge in [-0.1, -0.05) is 70.0 Å². The van der Waals surface area contributed by atoms with E-state index in [9.17, 15) is 13.2 Å². The van der Waals surface area contributed by atoms with Crippen LogP contribution in [0.5, 0.6) is 0 Å². The Kier molecular flexibility index (Phi) is 6.39. The Morgan fingerprint density at radius 1 is 1.00 bits per heavy atom. The monoisotopic (exact) mass is 428 g/mol. The number of primary sulfonamides is 1. The minimum atomic E-state index is -3.69. The highest BCUT2D eigenvalue weighted by molar-refractivity contribution is 7.89. The van der Waals surface area contributed by atoms with Crippen LogP contribution in [-0.4, -0.2) is 20.9 Å². The number of sulfonamides is 1. The molecule has 162 valence electrons. The lowest BCUT2D eigenvalue weighted by Gasteiger charge is -2.29. The number of hydrogen-bond acceptors (Lipinski definition) is 3. The van der Waals surface area contributed by atoms with Crippen LogP contribution in [0.25, 0.3) is 0 Å². The first-order valence-electron chi connectivity index (χ1n) is 10.5. The minimum Gasteiger partial charge on any atom is -0.355 e. The molecular weight excluding hydrogens is 396 g/mol. The summed E-state index contributed by atoms with van der Waals surface area (Å²) >= 11 is 0. The second-order valence-electron chi connectivity index (χ2n) is 9.31. The van der Waals surface area contributed by atoms with Gasteiger partial charge in [0.2, 0.25) is 15.9 Å². The molecule has 1 amide bonds. The molecule has 1 aliphatic carbocycles. The van der Waals surface area contributed by atoms with Crippen molar-refractivity contribution >= 4 is 15.9 Å². The highest BCUT2D eigenvalue weighted by Crippen LogP contribution is 2.42. The third-order valence-electron chi connectivity index (χ3n) is 6.15. The number of nitrogens with two attached hydrogens (primary N) is 1. The van der Waals surface area contributed by atoms with Crippen LogP contribution in [0.2, 0.25) is 0 Å². The predicted octanol–water partition coefficient (Wildman–Crippen LogP) is 3.80. The van der Waals surface area contributed by atoms with Crippen molar-refractivity contribution in [3.8, 4) is 0 Å². The Labute approximate surface area is 180 Å². The Balaban J connectivity index is 1.67. The zero-order chi connectivity index (χ0) is 22.0. The van der Waals surface area contributed by atoms with Crippen LogP contribution in [0.4, 0.5) is 0 Å². The standard InChI is InChI=1S/C24H32N2O3S/c1-23(2,3)19-8-10-20(11-9-19)24(15-4-5-16-24)22(27)26-17-14-18-6-12-21(13-7-18)30(25,28)29/h6-13H,4-5,14-17H2,1-3H3,(H,26,27)(H2,25,28,29). The third-order valence-corrected chi connectivity index (χ3v) is 7.08. The fourth-order valence-corrected chi connectivity index (χ4v) is 4.77. The molecule has 1 aliphatic rings. The fraction of sp³-hybridized carbons (Fsp3) is 0.458. The molecule has 0 bridgehead atoms. The lowest BCUT2D eigenvalue weighted by Crippen LogP contribution is -2.43. The van der Waals surface area contributed by atoms with E-state index in [1.54, 1.807) is 12.1 Å². The molecule has 0 heterocycles. The Bertz CT molecular complexity index is 982. The summed E-state index contributed by atoms with van der Waals surface area (Å²) in [6.07, 6.45) is 4.50. The van der Waals surface area contributed by atoms with Gasteiger partial charge in [0.1, 0.15) is 0 Å². The van der Waals surface area contributed by atoms with E-state index < -0.39 is 15.4 Å². The van der Waals surface area contributed by atoms with Crippen molar-refractivity contribution in [1.82, 2.24) is 5.32 Å². The molecule has 30 heavy (non-hydrogen) atoms. The van der Waals surface area contributed by atoms with Gasteiger partial charge in [-0.2, -0.15) is 0 Å². The molecule has 2 aromatic carbocycles. The summed E-state index contributed by atoms with van der Waals surface area (Å²) in [6.45, 7) is 7.08. The van der Waals surface area contributed by atoms with Crippen molar-refractivity contribution in [2.45, 2.75) is 68.6 Å². The van der Waals surface area contributed by atoms with Crippen LogP contribution < -0.4 is 10.5 Å². The largest absolute Gasteiger partial charge is 0.355 e. The van der Waals surface area contributed by atoms with E-state index in [1.165, 1.54) is 17.7 Å². The number of carbonyl (C=O) groups is 1. The molecule has 0 saturated heterocycles. The second-order valence-corrected chi connectivity index (χ2v) is 10.9. The minimum absolute atomic E-state index is 0.0857. The Morgan fingerprint density at radius 3 is 2.07 bits per heavy atom. The van der Waals surface area contributed by atoms with Crippen LogP contribution in [-0.2, 0) is 32.1 Å². The zero-order valence-corrected chi connectivity index (χ0v) is 18.9. The number of nitrogens with one attached hydrogen (secondary N) is 1. The first-order chi connectivity index (χ1) is 14.0. The molecule has 0 unspecified atom stereocenters. The maximum Gasteiger partial charge on any atom is 0.238 e. The molecule has 0 atom stereocenters. The van der Waals surface area contributed by atoms with Crippen molar-refractivity contribution in [2.24, 2.45) is 5.14 Å². The maximum absolute atomic E-state index is 13.2. The zero-order valence-electron chi connectivity index (χ0n) is 18.1. The van der Waals surface area contributed by atoms with E-state index in [4.69, 9.17) is 5.14 Å². The molecule has 0 aromatic heterocycles. The normalized spacial score (nSPS) is 16.4. The van der Waals surface area contributed by atoms with E-state index >= 15 is 0 Å². The van der Waals surface area contributed by atoms with Crippen molar-refractivity contribution in [3.05, 3.63) is 65.2 Å². The molecule has 1 fully saturated rings. The van der Waals surface area contributed by atoms with Crippen LogP contribution in [0.15, 0.2) is 53.4 Å². The quantitative estimate of drug-likeness (QED) is 0.733. The van der Waals surface area contributed by atoms with E-state index in [2.05, 4.69) is 50.4 Å². The van der Waals surface area contributed by atoms with Gasteiger partial charge < -0.3 is 5.32 Å². The smallest absolute Gasteiger partial charge is 0.238 e. The molecule has 1 saturated carbocycles. The number of benzene rings is 2. The van der Waals surface area contributed by atoms with E-state index in [0.717, 1.165) is 36.8 Å². The average molecular weight is 429 g/mol. The van der Waals surface area contributed by atoms with Gasteiger partial charge >= 0.3 is 0 Å². The van der Waals surface area contributed by atoms with Gasteiger partial charge in [0.25, 0.3) is 0 Å². The van der Waals surface area contributed by atoms with Crippen molar-refractivity contribution < 1.29 is 13.2 Å². The predicted molar refractivity (Wildman–Crippen MR) is 120 cm³/mol. The number of hydrogen-bond donors (Lipinski definition) is 2. The summed E-state index contributed by atoms with van der Waals surface area (Å²) in [4.78, 5) is 13.3. The third kappa shape index (κ3) is 4.93. The van der Waals surface area contributed by atoms with Crippen molar-refractivity contribution in [2.75, 3.05) is 6.54 Å². The SMILES string of the molecule is CC(C)(C)c1ccc(C2(C(=O)NCCc3ccc(S(N)(=O)=O)cc3)CCCC2)cc1. The molecule has 0 radical (unpaired) electrons. The van der Waals surface area contributed by atoms with E-state index in [0.29, 0.717) is 13.0 Å². The van der Waals surface area contributed by atoms with E-state index in [-0.39, 0.29) is 16.2 Å². The van der Waals surface area contributed by atoms with Gasteiger partial charge in [-0.15, -0.1) is 0 Å². The van der Waals surface area contributed by atoms with Gasteiger partial charge in [-0.3, -0.25) is 4.79 Å². The lowest BCUT2D eigenvalue weighted by molar-refractivity contribution is -0.126. The maximum atomic E-state index is 13.2. The number of amides is 1. The fourth-order valence-electron chi connectivity index (χ4n) is 4.25. The second kappa shape index (κ2) is 8.52. The summed E-state index contributed by atoms with van der Waals surface area (Å²) in [5.41, 5.74) is 2.96. The van der Waals surface area contributed by atoms with E-state index in [1.807, 2.05) is 0 Å². The highest BCUT2D eigenvalue weighted by atomic mass is 32.2. The Morgan fingerprint density at radius 2 is 1.57 bits per heavy atom. The van der Waals surface area contributed by atoms with Crippen LogP contribution in [0.3, 0.4) is 0 Å². The van der Waals surface area contributed by atoms with Gasteiger partial charge in [-0.05, 0) is 53.5 Å². The highest BCUT2D eigenvalue weighted by Gasteiger charge is 2.42. The molecular formula is C24H32N2O3S. The summed E-state index contributed by atoms with van der Waals surface area (Å²) < 4.78 is 22.7. The molecule has 2 aromatic rings. The van der Waals surface area contributed by atoms with Gasteiger partial charge in [0, 0.05) is 6.54 Å². The molecule has 0 aliphatic heterocycles. The number of rotatable bonds is 6. The van der Waals surface area contributed by atoms with Crippen LogP contribution in [0.1, 0.15) is 63.1 Å². The molecule has 6 heteroatoms. The van der Waals surface area contributed by atoms with Gasteiger partial charge in [-0.25, -0.2) is 13.6 Å². The van der Waals surface area contributed by atoms with Crippen molar-refractivity contribution in [3.63, 3.8) is 0 Å². The van der Waals surface area contributed by atoms with Crippen LogP contribution in [0, 0.1) is 0 Å². The van der Waals surface area contributed by atoms with Crippen LogP contribution >= 0.6 is 0 Å².